The van der Waals surface area contributed by atoms with Crippen molar-refractivity contribution >= 4 is 30.1 Å². The number of carboxylic acid groups (broad SMARTS) is 1. The van der Waals surface area contributed by atoms with Gasteiger partial charge in [0, 0.05) is 18.1 Å². The summed E-state index contributed by atoms with van der Waals surface area (Å²) in [6.07, 6.45) is 0. The largest absolute Gasteiger partial charge is 0.480 e. The van der Waals surface area contributed by atoms with Crippen molar-refractivity contribution in [2.24, 2.45) is 11.5 Å². The number of nitrogens with two attached hydrogens (primary N) is 2. The average Bonchev–Trinajstić information content (AvgIpc) is 1.88. The van der Waals surface area contributed by atoms with Crippen molar-refractivity contribution < 1.29 is 9.90 Å². The highest BCUT2D eigenvalue weighted by Gasteiger charge is 2.09. The van der Waals surface area contributed by atoms with Crippen LogP contribution in [-0.2, 0) is 4.79 Å². The number of carbonyl (C=O) groups is 1. The lowest BCUT2D eigenvalue weighted by Crippen LogP contribution is -2.32. The lowest BCUT2D eigenvalue weighted by atomic mass is 10.4. The number of aliphatic carboxylic acids is 1. The van der Waals surface area contributed by atoms with Crippen LogP contribution in [-0.4, -0.2) is 35.2 Å². The number of hydrogen-bond donors (Lipinski definition) is 3. The van der Waals surface area contributed by atoms with Crippen molar-refractivity contribution in [1.29, 1.82) is 0 Å². The summed E-state index contributed by atoms with van der Waals surface area (Å²) in [5.41, 5.74) is 10.4. The highest BCUT2D eigenvalue weighted by Crippen LogP contribution is 1.99. The molecule has 0 saturated heterocycles. The summed E-state index contributed by atoms with van der Waals surface area (Å²) in [7, 11) is 0. The number of rotatable bonds is 5. The third-order valence-corrected chi connectivity index (χ3v) is 2.00. The van der Waals surface area contributed by atoms with Crippen LogP contribution in [0.25, 0.3) is 0 Å². The molecule has 0 saturated carbocycles. The normalized spacial score (nSPS) is 11.8. The Bertz CT molecular complexity index is 115. The molecular formula is C5H13ClN2O2S. The summed E-state index contributed by atoms with van der Waals surface area (Å²) in [5.74, 6) is 0.248. The van der Waals surface area contributed by atoms with E-state index in [1.54, 1.807) is 0 Å². The quantitative estimate of drug-likeness (QED) is 0.522. The predicted octanol–water partition coefficient (Wildman–Crippen LogP) is -0.488. The van der Waals surface area contributed by atoms with Gasteiger partial charge >= 0.3 is 5.97 Å². The van der Waals surface area contributed by atoms with Crippen LogP contribution in [0.2, 0.25) is 0 Å². The topological polar surface area (TPSA) is 89.3 Å². The molecular weight excluding hydrogens is 188 g/mol. The Labute approximate surface area is 76.1 Å². The van der Waals surface area contributed by atoms with Gasteiger partial charge in [-0.1, -0.05) is 0 Å². The first-order chi connectivity index (χ1) is 4.68. The van der Waals surface area contributed by atoms with Crippen LogP contribution in [0.3, 0.4) is 0 Å². The maximum atomic E-state index is 10.1. The molecule has 1 atom stereocenters. The smallest absolute Gasteiger partial charge is 0.321 e. The van der Waals surface area contributed by atoms with Crippen LogP contribution < -0.4 is 11.5 Å². The fourth-order valence-corrected chi connectivity index (χ4v) is 1.09. The lowest BCUT2D eigenvalue weighted by molar-refractivity contribution is -0.137. The molecule has 0 spiro atoms. The van der Waals surface area contributed by atoms with Crippen molar-refractivity contribution in [3.8, 4) is 0 Å². The molecule has 0 aliphatic rings. The van der Waals surface area contributed by atoms with Crippen molar-refractivity contribution in [2.75, 3.05) is 18.1 Å². The minimum absolute atomic E-state index is 0. The molecule has 0 radical (unpaired) electrons. The van der Waals surface area contributed by atoms with Gasteiger partial charge in [0.1, 0.15) is 6.04 Å². The molecule has 0 aromatic heterocycles. The number of carboxylic acids is 1. The van der Waals surface area contributed by atoms with Crippen molar-refractivity contribution in [3.63, 3.8) is 0 Å². The average molecular weight is 201 g/mol. The number of halogens is 1. The Hall–Kier alpha value is 0.0300. The zero-order valence-corrected chi connectivity index (χ0v) is 7.66. The Balaban J connectivity index is 0. The fourth-order valence-electron chi connectivity index (χ4n) is 0.365. The van der Waals surface area contributed by atoms with Crippen LogP contribution in [0.1, 0.15) is 0 Å². The maximum absolute atomic E-state index is 10.1. The monoisotopic (exact) mass is 200 g/mol. The lowest BCUT2D eigenvalue weighted by Gasteiger charge is -2.03. The van der Waals surface area contributed by atoms with E-state index in [0.717, 1.165) is 5.75 Å². The zero-order chi connectivity index (χ0) is 7.98. The second-order valence-corrected chi connectivity index (χ2v) is 2.96. The molecule has 11 heavy (non-hydrogen) atoms. The van der Waals surface area contributed by atoms with Gasteiger partial charge in [0.05, 0.1) is 0 Å². The highest BCUT2D eigenvalue weighted by atomic mass is 35.5. The van der Waals surface area contributed by atoms with E-state index in [0.29, 0.717) is 12.3 Å². The second-order valence-electron chi connectivity index (χ2n) is 1.81. The fraction of sp³-hybridized carbons (Fsp3) is 0.800. The van der Waals surface area contributed by atoms with Crippen LogP contribution in [0.15, 0.2) is 0 Å². The SMILES string of the molecule is Cl.NCCSC[C@@H](N)C(=O)O. The zero-order valence-electron chi connectivity index (χ0n) is 6.03. The molecule has 0 rings (SSSR count). The van der Waals surface area contributed by atoms with Gasteiger partial charge in [-0.3, -0.25) is 4.79 Å². The van der Waals surface area contributed by atoms with Gasteiger partial charge in [0.25, 0.3) is 0 Å². The van der Waals surface area contributed by atoms with E-state index in [9.17, 15) is 4.79 Å². The molecule has 0 aliphatic carbocycles. The molecule has 5 N–H and O–H groups in total. The molecule has 0 aliphatic heterocycles. The number of hydrogen-bond acceptors (Lipinski definition) is 4. The minimum atomic E-state index is -0.954. The molecule has 0 bridgehead atoms. The molecule has 6 heteroatoms. The van der Waals surface area contributed by atoms with Gasteiger partial charge in [-0.25, -0.2) is 0 Å². The van der Waals surface area contributed by atoms with Crippen molar-refractivity contribution in [2.45, 2.75) is 6.04 Å². The standard InChI is InChI=1S/C5H12N2O2S.ClH/c6-1-2-10-3-4(7)5(8)9;/h4H,1-3,6-7H2,(H,8,9);1H/t4-;/m1./s1. The van der Waals surface area contributed by atoms with Gasteiger partial charge in [0.15, 0.2) is 0 Å². The Morgan fingerprint density at radius 3 is 2.55 bits per heavy atom. The van der Waals surface area contributed by atoms with Crippen LogP contribution in [0.4, 0.5) is 0 Å². The van der Waals surface area contributed by atoms with E-state index in [1.807, 2.05) is 0 Å². The maximum Gasteiger partial charge on any atom is 0.321 e. The van der Waals surface area contributed by atoms with Gasteiger partial charge in [-0.05, 0) is 0 Å². The van der Waals surface area contributed by atoms with E-state index in [4.69, 9.17) is 16.6 Å². The first kappa shape index (κ1) is 13.6. The van der Waals surface area contributed by atoms with Crippen molar-refractivity contribution in [1.82, 2.24) is 0 Å². The molecule has 0 aromatic carbocycles. The van der Waals surface area contributed by atoms with E-state index >= 15 is 0 Å². The summed E-state index contributed by atoms with van der Waals surface area (Å²) < 4.78 is 0. The third kappa shape index (κ3) is 7.93. The van der Waals surface area contributed by atoms with Crippen LogP contribution in [0.5, 0.6) is 0 Å². The molecule has 0 amide bonds. The molecule has 0 aromatic rings. The first-order valence-electron chi connectivity index (χ1n) is 2.94. The van der Waals surface area contributed by atoms with Crippen LogP contribution in [0, 0.1) is 0 Å². The second kappa shape index (κ2) is 8.13. The Morgan fingerprint density at radius 2 is 2.18 bits per heavy atom. The van der Waals surface area contributed by atoms with Crippen molar-refractivity contribution in [3.05, 3.63) is 0 Å². The third-order valence-electron chi connectivity index (χ3n) is 0.877. The van der Waals surface area contributed by atoms with E-state index in [2.05, 4.69) is 0 Å². The summed E-state index contributed by atoms with van der Waals surface area (Å²) in [4.78, 5) is 10.1. The van der Waals surface area contributed by atoms with Crippen LogP contribution >= 0.6 is 24.2 Å². The van der Waals surface area contributed by atoms with E-state index in [-0.39, 0.29) is 12.4 Å². The van der Waals surface area contributed by atoms with Gasteiger partial charge in [0.2, 0.25) is 0 Å². The van der Waals surface area contributed by atoms with Gasteiger partial charge in [-0.15, -0.1) is 12.4 Å². The van der Waals surface area contributed by atoms with Gasteiger partial charge in [-0.2, -0.15) is 11.8 Å². The summed E-state index contributed by atoms with van der Waals surface area (Å²) in [6, 6.07) is -0.753. The highest BCUT2D eigenvalue weighted by molar-refractivity contribution is 7.99. The van der Waals surface area contributed by atoms with Gasteiger partial charge < -0.3 is 16.6 Å². The molecule has 4 nitrogen and oxygen atoms in total. The summed E-state index contributed by atoms with van der Waals surface area (Å²) in [5, 5.41) is 8.31. The van der Waals surface area contributed by atoms with E-state index in [1.165, 1.54) is 11.8 Å². The molecule has 0 fully saturated rings. The Kier molecular flexibility index (Phi) is 10.1. The summed E-state index contributed by atoms with van der Waals surface area (Å²) >= 11 is 1.46. The summed E-state index contributed by atoms with van der Waals surface area (Å²) in [6.45, 7) is 0.566. The predicted molar refractivity (Wildman–Crippen MR) is 49.2 cm³/mol. The minimum Gasteiger partial charge on any atom is -0.480 e. The molecule has 68 valence electrons. The Morgan fingerprint density at radius 1 is 1.64 bits per heavy atom. The first-order valence-corrected chi connectivity index (χ1v) is 4.10. The molecule has 0 heterocycles. The number of thioether (sulfide) groups is 1. The molecule has 0 unspecified atom stereocenters. The van der Waals surface area contributed by atoms with E-state index < -0.39 is 12.0 Å².